The zero-order valence-corrected chi connectivity index (χ0v) is 9.19. The van der Waals surface area contributed by atoms with Gasteiger partial charge >= 0.3 is 0 Å². The third-order valence-corrected chi connectivity index (χ3v) is 2.21. The van der Waals surface area contributed by atoms with Gasteiger partial charge in [-0.2, -0.15) is 13.5 Å². The maximum Gasteiger partial charge on any atom is 0.00105 e. The van der Waals surface area contributed by atoms with Crippen LogP contribution in [0, 0.1) is 5.92 Å². The fraction of sp³-hybridized carbons (Fsp3) is 1.00. The van der Waals surface area contributed by atoms with Crippen LogP contribution in [0.15, 0.2) is 0 Å². The predicted molar refractivity (Wildman–Crippen MR) is 59.1 cm³/mol. The fourth-order valence-electron chi connectivity index (χ4n) is 1.50. The highest BCUT2D eigenvalue weighted by molar-refractivity contribution is 7.59. The average molecular weight is 190 g/mol. The number of rotatable bonds is 3. The standard InChI is InChI=1S/C9H20N2.H2S/c1-8(2)11-7-9-4-3-5-10-6-9;/h8-11H,3-7H2,1-2H3;1H2/t9-;/m1./s1. The number of piperidine rings is 1. The first-order valence-corrected chi connectivity index (χ1v) is 4.73. The second kappa shape index (κ2) is 6.75. The van der Waals surface area contributed by atoms with Crippen LogP contribution in [0.3, 0.4) is 0 Å². The van der Waals surface area contributed by atoms with Gasteiger partial charge in [0.1, 0.15) is 0 Å². The van der Waals surface area contributed by atoms with Crippen LogP contribution >= 0.6 is 13.5 Å². The first-order chi connectivity index (χ1) is 5.29. The van der Waals surface area contributed by atoms with Crippen molar-refractivity contribution in [2.75, 3.05) is 19.6 Å². The van der Waals surface area contributed by atoms with E-state index in [1.54, 1.807) is 0 Å². The lowest BCUT2D eigenvalue weighted by molar-refractivity contribution is 0.351. The lowest BCUT2D eigenvalue weighted by atomic mass is 9.99. The zero-order valence-electron chi connectivity index (χ0n) is 8.19. The maximum absolute atomic E-state index is 3.48. The highest BCUT2D eigenvalue weighted by Gasteiger charge is 2.11. The van der Waals surface area contributed by atoms with E-state index < -0.39 is 0 Å². The Hall–Kier alpha value is 0.270. The summed E-state index contributed by atoms with van der Waals surface area (Å²) >= 11 is 0. The molecular formula is C9H22N2S. The molecule has 1 aliphatic heterocycles. The summed E-state index contributed by atoms with van der Waals surface area (Å²) in [6, 6.07) is 0.636. The molecule has 0 aromatic carbocycles. The van der Waals surface area contributed by atoms with Crippen molar-refractivity contribution < 1.29 is 0 Å². The van der Waals surface area contributed by atoms with Crippen molar-refractivity contribution in [1.82, 2.24) is 10.6 Å². The molecule has 0 aliphatic carbocycles. The van der Waals surface area contributed by atoms with Crippen LogP contribution in [-0.4, -0.2) is 25.7 Å². The van der Waals surface area contributed by atoms with Gasteiger partial charge in [0.05, 0.1) is 0 Å². The zero-order chi connectivity index (χ0) is 8.10. The molecule has 1 heterocycles. The normalized spacial score (nSPS) is 23.8. The topological polar surface area (TPSA) is 24.1 Å². The van der Waals surface area contributed by atoms with Gasteiger partial charge in [-0.25, -0.2) is 0 Å². The van der Waals surface area contributed by atoms with E-state index in [1.807, 2.05) is 0 Å². The van der Waals surface area contributed by atoms with Gasteiger partial charge in [-0.1, -0.05) is 13.8 Å². The van der Waals surface area contributed by atoms with E-state index in [9.17, 15) is 0 Å². The summed E-state index contributed by atoms with van der Waals surface area (Å²) in [5.41, 5.74) is 0. The molecule has 2 nitrogen and oxygen atoms in total. The second-order valence-electron chi connectivity index (χ2n) is 3.78. The Kier molecular flexibility index (Phi) is 6.90. The van der Waals surface area contributed by atoms with Crippen LogP contribution in [0.25, 0.3) is 0 Å². The summed E-state index contributed by atoms with van der Waals surface area (Å²) in [5, 5.41) is 6.89. The Balaban J connectivity index is 0.00000121. The van der Waals surface area contributed by atoms with Crippen LogP contribution < -0.4 is 10.6 Å². The molecule has 1 aliphatic rings. The van der Waals surface area contributed by atoms with Gasteiger partial charge in [-0.05, 0) is 38.4 Å². The first-order valence-electron chi connectivity index (χ1n) is 4.73. The van der Waals surface area contributed by atoms with E-state index in [0.717, 1.165) is 5.92 Å². The molecule has 12 heavy (non-hydrogen) atoms. The molecule has 1 rings (SSSR count). The molecule has 0 bridgehead atoms. The molecule has 0 radical (unpaired) electrons. The van der Waals surface area contributed by atoms with Crippen LogP contribution in [0.5, 0.6) is 0 Å². The molecule has 0 aromatic rings. The molecule has 74 valence electrons. The van der Waals surface area contributed by atoms with Crippen LogP contribution in [-0.2, 0) is 0 Å². The average Bonchev–Trinajstić information content (AvgIpc) is 2.03. The molecule has 2 N–H and O–H groups in total. The Morgan fingerprint density at radius 1 is 1.50 bits per heavy atom. The summed E-state index contributed by atoms with van der Waals surface area (Å²) < 4.78 is 0. The summed E-state index contributed by atoms with van der Waals surface area (Å²) in [6.07, 6.45) is 2.75. The van der Waals surface area contributed by atoms with Gasteiger partial charge in [0, 0.05) is 6.04 Å². The smallest absolute Gasteiger partial charge is 0.00105 e. The summed E-state index contributed by atoms with van der Waals surface area (Å²) in [7, 11) is 0. The molecule has 0 aromatic heterocycles. The Bertz CT molecular complexity index is 101. The van der Waals surface area contributed by atoms with E-state index >= 15 is 0 Å². The fourth-order valence-corrected chi connectivity index (χ4v) is 1.50. The summed E-state index contributed by atoms with van der Waals surface area (Å²) in [6.45, 7) is 8.02. The minimum Gasteiger partial charge on any atom is -0.316 e. The molecule has 0 spiro atoms. The quantitative estimate of drug-likeness (QED) is 0.696. The molecule has 1 fully saturated rings. The van der Waals surface area contributed by atoms with E-state index in [2.05, 4.69) is 24.5 Å². The van der Waals surface area contributed by atoms with Gasteiger partial charge < -0.3 is 10.6 Å². The highest BCUT2D eigenvalue weighted by Crippen LogP contribution is 2.08. The van der Waals surface area contributed by atoms with Crippen LogP contribution in [0.1, 0.15) is 26.7 Å². The largest absolute Gasteiger partial charge is 0.316 e. The van der Waals surface area contributed by atoms with Crippen molar-refractivity contribution in [2.24, 2.45) is 5.92 Å². The van der Waals surface area contributed by atoms with E-state index in [4.69, 9.17) is 0 Å². The molecule has 3 heteroatoms. The number of hydrogen-bond donors (Lipinski definition) is 2. The van der Waals surface area contributed by atoms with Gasteiger partial charge in [0.25, 0.3) is 0 Å². The third-order valence-electron chi connectivity index (χ3n) is 2.21. The Labute approximate surface area is 82.9 Å². The SMILES string of the molecule is CC(C)NC[C@@H]1CCCNC1.S. The predicted octanol–water partition coefficient (Wildman–Crippen LogP) is 1.10. The second-order valence-corrected chi connectivity index (χ2v) is 3.78. The van der Waals surface area contributed by atoms with Gasteiger partial charge in [-0.15, -0.1) is 0 Å². The van der Waals surface area contributed by atoms with Gasteiger partial charge in [0.15, 0.2) is 0 Å². The number of nitrogens with one attached hydrogen (secondary N) is 2. The molecule has 1 atom stereocenters. The van der Waals surface area contributed by atoms with Crippen molar-refractivity contribution in [3.63, 3.8) is 0 Å². The minimum absolute atomic E-state index is 0. The van der Waals surface area contributed by atoms with Gasteiger partial charge in [0.2, 0.25) is 0 Å². The van der Waals surface area contributed by atoms with Crippen LogP contribution in [0.2, 0.25) is 0 Å². The number of hydrogen-bond acceptors (Lipinski definition) is 2. The van der Waals surface area contributed by atoms with E-state index in [1.165, 1.54) is 32.5 Å². The Morgan fingerprint density at radius 2 is 2.25 bits per heavy atom. The highest BCUT2D eigenvalue weighted by atomic mass is 32.1. The maximum atomic E-state index is 3.48. The van der Waals surface area contributed by atoms with Crippen LogP contribution in [0.4, 0.5) is 0 Å². The lowest BCUT2D eigenvalue weighted by Gasteiger charge is -2.23. The summed E-state index contributed by atoms with van der Waals surface area (Å²) in [5.74, 6) is 0.867. The molecule has 0 saturated carbocycles. The van der Waals surface area contributed by atoms with E-state index in [-0.39, 0.29) is 13.5 Å². The first kappa shape index (κ1) is 12.3. The monoisotopic (exact) mass is 190 g/mol. The third kappa shape index (κ3) is 5.01. The van der Waals surface area contributed by atoms with Crippen molar-refractivity contribution >= 4 is 13.5 Å². The van der Waals surface area contributed by atoms with Crippen molar-refractivity contribution in [1.29, 1.82) is 0 Å². The summed E-state index contributed by atoms with van der Waals surface area (Å²) in [4.78, 5) is 0. The molecule has 0 amide bonds. The minimum atomic E-state index is 0. The van der Waals surface area contributed by atoms with Crippen molar-refractivity contribution in [3.8, 4) is 0 Å². The lowest BCUT2D eigenvalue weighted by Crippen LogP contribution is -2.38. The van der Waals surface area contributed by atoms with E-state index in [0.29, 0.717) is 6.04 Å². The van der Waals surface area contributed by atoms with Gasteiger partial charge in [-0.3, -0.25) is 0 Å². The molecule has 0 unspecified atom stereocenters. The van der Waals surface area contributed by atoms with Crippen molar-refractivity contribution in [2.45, 2.75) is 32.7 Å². The Morgan fingerprint density at radius 3 is 2.75 bits per heavy atom. The molecule has 1 saturated heterocycles. The van der Waals surface area contributed by atoms with Crippen molar-refractivity contribution in [3.05, 3.63) is 0 Å². The molecular weight excluding hydrogens is 168 g/mol.